The van der Waals surface area contributed by atoms with Crippen LogP contribution in [0.4, 0.5) is 5.69 Å². The van der Waals surface area contributed by atoms with E-state index in [1.54, 1.807) is 25.3 Å². The van der Waals surface area contributed by atoms with E-state index in [-0.39, 0.29) is 17.4 Å². The minimum absolute atomic E-state index is 0.0177. The quantitative estimate of drug-likeness (QED) is 0.901. The number of ether oxygens (including phenoxy) is 1. The molecule has 1 saturated heterocycles. The van der Waals surface area contributed by atoms with E-state index in [9.17, 15) is 4.79 Å². The van der Waals surface area contributed by atoms with Gasteiger partial charge in [0.15, 0.2) is 0 Å². The summed E-state index contributed by atoms with van der Waals surface area (Å²) >= 11 is 6.06. The molecule has 1 aromatic carbocycles. The molecule has 1 aliphatic rings. The zero-order valence-electron chi connectivity index (χ0n) is 12.1. The lowest BCUT2D eigenvalue weighted by molar-refractivity contribution is -0.121. The first kappa shape index (κ1) is 15.1. The van der Waals surface area contributed by atoms with Gasteiger partial charge in [-0.15, -0.1) is 0 Å². The molecular formula is C15H21ClN2O2. The van der Waals surface area contributed by atoms with Crippen molar-refractivity contribution in [3.63, 3.8) is 0 Å². The summed E-state index contributed by atoms with van der Waals surface area (Å²) in [4.78, 5) is 12.4. The molecule has 1 atom stereocenters. The standard InChI is InChI=1S/C15H21ClN2O2/c1-15(2)7-4-8-17-13(15)14(19)18-10-5-6-12(20-3)11(16)9-10/h5-6,9,13,17H,4,7-8H2,1-3H3,(H,18,19). The largest absolute Gasteiger partial charge is 0.495 e. The Morgan fingerprint density at radius 3 is 2.85 bits per heavy atom. The van der Waals surface area contributed by atoms with Gasteiger partial charge in [0.2, 0.25) is 5.91 Å². The number of nitrogens with one attached hydrogen (secondary N) is 2. The molecule has 20 heavy (non-hydrogen) atoms. The van der Waals surface area contributed by atoms with Gasteiger partial charge in [0, 0.05) is 5.69 Å². The fourth-order valence-electron chi connectivity index (χ4n) is 2.62. The number of carbonyl (C=O) groups excluding carboxylic acids is 1. The van der Waals surface area contributed by atoms with Crippen LogP contribution in [-0.4, -0.2) is 25.6 Å². The van der Waals surface area contributed by atoms with E-state index in [0.717, 1.165) is 19.4 Å². The van der Waals surface area contributed by atoms with Crippen LogP contribution in [0.2, 0.25) is 5.02 Å². The number of carbonyl (C=O) groups is 1. The van der Waals surface area contributed by atoms with Crippen LogP contribution >= 0.6 is 11.6 Å². The van der Waals surface area contributed by atoms with E-state index >= 15 is 0 Å². The van der Waals surface area contributed by atoms with E-state index in [0.29, 0.717) is 16.5 Å². The summed E-state index contributed by atoms with van der Waals surface area (Å²) in [7, 11) is 1.56. The molecule has 110 valence electrons. The highest BCUT2D eigenvalue weighted by Crippen LogP contribution is 2.32. The second-order valence-corrected chi connectivity index (χ2v) is 6.23. The molecule has 4 nitrogen and oxygen atoms in total. The molecule has 5 heteroatoms. The van der Waals surface area contributed by atoms with Gasteiger partial charge in [-0.1, -0.05) is 25.4 Å². The zero-order chi connectivity index (χ0) is 14.8. The average Bonchev–Trinajstić information content (AvgIpc) is 2.38. The van der Waals surface area contributed by atoms with E-state index in [1.807, 2.05) is 0 Å². The number of rotatable bonds is 3. The number of hydrogen-bond acceptors (Lipinski definition) is 3. The number of benzene rings is 1. The maximum Gasteiger partial charge on any atom is 0.242 e. The number of piperidine rings is 1. The Bertz CT molecular complexity index is 503. The molecule has 0 saturated carbocycles. The third-order valence-corrected chi connectivity index (χ3v) is 4.10. The smallest absolute Gasteiger partial charge is 0.242 e. The second-order valence-electron chi connectivity index (χ2n) is 5.82. The summed E-state index contributed by atoms with van der Waals surface area (Å²) in [5, 5.41) is 6.70. The Balaban J connectivity index is 2.09. The molecule has 0 spiro atoms. The lowest BCUT2D eigenvalue weighted by Gasteiger charge is -2.38. The summed E-state index contributed by atoms with van der Waals surface area (Å²) in [6.45, 7) is 5.11. The molecule has 0 aromatic heterocycles. The van der Waals surface area contributed by atoms with Crippen LogP contribution in [0.3, 0.4) is 0 Å². The predicted octanol–water partition coefficient (Wildman–Crippen LogP) is 3.07. The van der Waals surface area contributed by atoms with Crippen LogP contribution in [0.1, 0.15) is 26.7 Å². The van der Waals surface area contributed by atoms with Crippen molar-refractivity contribution in [1.82, 2.24) is 5.32 Å². The minimum atomic E-state index is -0.183. The average molecular weight is 297 g/mol. The lowest BCUT2D eigenvalue weighted by Crippen LogP contribution is -2.53. The lowest BCUT2D eigenvalue weighted by atomic mass is 9.77. The van der Waals surface area contributed by atoms with Crippen molar-refractivity contribution in [2.75, 3.05) is 19.0 Å². The maximum atomic E-state index is 12.4. The van der Waals surface area contributed by atoms with Crippen LogP contribution in [0, 0.1) is 5.41 Å². The molecule has 1 amide bonds. The van der Waals surface area contributed by atoms with E-state index < -0.39 is 0 Å². The third-order valence-electron chi connectivity index (χ3n) is 3.81. The van der Waals surface area contributed by atoms with Crippen LogP contribution in [0.15, 0.2) is 18.2 Å². The van der Waals surface area contributed by atoms with Crippen molar-refractivity contribution >= 4 is 23.2 Å². The highest BCUT2D eigenvalue weighted by atomic mass is 35.5. The Morgan fingerprint density at radius 1 is 1.50 bits per heavy atom. The number of anilines is 1. The highest BCUT2D eigenvalue weighted by Gasteiger charge is 2.37. The minimum Gasteiger partial charge on any atom is -0.495 e. The normalized spacial score (nSPS) is 21.3. The molecule has 0 aliphatic carbocycles. The van der Waals surface area contributed by atoms with Gasteiger partial charge < -0.3 is 15.4 Å². The molecule has 1 unspecified atom stereocenters. The summed E-state index contributed by atoms with van der Waals surface area (Å²) < 4.78 is 5.10. The Morgan fingerprint density at radius 2 is 2.25 bits per heavy atom. The van der Waals surface area contributed by atoms with Gasteiger partial charge in [-0.25, -0.2) is 0 Å². The van der Waals surface area contributed by atoms with Gasteiger partial charge in [0.1, 0.15) is 5.75 Å². The third kappa shape index (κ3) is 3.25. The summed E-state index contributed by atoms with van der Waals surface area (Å²) in [5.41, 5.74) is 0.641. The molecule has 2 rings (SSSR count). The van der Waals surface area contributed by atoms with Crippen LogP contribution in [-0.2, 0) is 4.79 Å². The van der Waals surface area contributed by atoms with Gasteiger partial charge in [0.25, 0.3) is 0 Å². The van der Waals surface area contributed by atoms with Crippen molar-refractivity contribution in [3.05, 3.63) is 23.2 Å². The van der Waals surface area contributed by atoms with E-state index in [2.05, 4.69) is 24.5 Å². The van der Waals surface area contributed by atoms with Crippen molar-refractivity contribution < 1.29 is 9.53 Å². The fourth-order valence-corrected chi connectivity index (χ4v) is 2.87. The zero-order valence-corrected chi connectivity index (χ0v) is 12.9. The highest BCUT2D eigenvalue weighted by molar-refractivity contribution is 6.32. The van der Waals surface area contributed by atoms with Crippen LogP contribution < -0.4 is 15.4 Å². The maximum absolute atomic E-state index is 12.4. The number of methoxy groups -OCH3 is 1. The first-order chi connectivity index (χ1) is 9.44. The molecule has 2 N–H and O–H groups in total. The van der Waals surface area contributed by atoms with Crippen molar-refractivity contribution in [2.24, 2.45) is 5.41 Å². The van der Waals surface area contributed by atoms with E-state index in [1.165, 1.54) is 0 Å². The molecular weight excluding hydrogens is 276 g/mol. The first-order valence-corrected chi connectivity index (χ1v) is 7.19. The molecule has 1 aliphatic heterocycles. The van der Waals surface area contributed by atoms with E-state index in [4.69, 9.17) is 16.3 Å². The molecule has 0 bridgehead atoms. The predicted molar refractivity (Wildman–Crippen MR) is 81.4 cm³/mol. The number of halogens is 1. The van der Waals surface area contributed by atoms with Crippen LogP contribution in [0.25, 0.3) is 0 Å². The van der Waals surface area contributed by atoms with Crippen molar-refractivity contribution in [3.8, 4) is 5.75 Å². The summed E-state index contributed by atoms with van der Waals surface area (Å²) in [6.07, 6.45) is 2.15. The fraction of sp³-hybridized carbons (Fsp3) is 0.533. The van der Waals surface area contributed by atoms with Gasteiger partial charge in [0.05, 0.1) is 18.2 Å². The van der Waals surface area contributed by atoms with Crippen molar-refractivity contribution in [2.45, 2.75) is 32.7 Å². The van der Waals surface area contributed by atoms with Gasteiger partial charge in [-0.3, -0.25) is 4.79 Å². The molecule has 1 heterocycles. The topological polar surface area (TPSA) is 50.4 Å². The first-order valence-electron chi connectivity index (χ1n) is 6.82. The van der Waals surface area contributed by atoms with Gasteiger partial charge in [-0.05, 0) is 43.0 Å². The Kier molecular flexibility index (Phi) is 4.55. The molecule has 1 fully saturated rings. The second kappa shape index (κ2) is 6.02. The molecule has 0 radical (unpaired) electrons. The van der Waals surface area contributed by atoms with Crippen molar-refractivity contribution in [1.29, 1.82) is 0 Å². The summed E-state index contributed by atoms with van der Waals surface area (Å²) in [6, 6.07) is 5.06. The number of hydrogen-bond donors (Lipinski definition) is 2. The monoisotopic (exact) mass is 296 g/mol. The van der Waals surface area contributed by atoms with Crippen LogP contribution in [0.5, 0.6) is 5.75 Å². The number of amides is 1. The van der Waals surface area contributed by atoms with Gasteiger partial charge >= 0.3 is 0 Å². The molecule has 1 aromatic rings. The summed E-state index contributed by atoms with van der Waals surface area (Å²) in [5.74, 6) is 0.580. The Labute approximate surface area is 124 Å². The Hall–Kier alpha value is -1.26. The van der Waals surface area contributed by atoms with Gasteiger partial charge in [-0.2, -0.15) is 0 Å². The SMILES string of the molecule is COc1ccc(NC(=O)C2NCCCC2(C)C)cc1Cl.